The lowest BCUT2D eigenvalue weighted by Gasteiger charge is -2.28. The van der Waals surface area contributed by atoms with E-state index in [0.29, 0.717) is 24.1 Å². The molecule has 0 aliphatic heterocycles. The molecule has 1 amide bonds. The Balaban J connectivity index is 1.66. The van der Waals surface area contributed by atoms with Crippen molar-refractivity contribution in [2.45, 2.75) is 43.7 Å². The fourth-order valence-electron chi connectivity index (χ4n) is 3.92. The SMILES string of the molecule is CCCCN(Cc1ccccc1)C(=O)C(Cc1ccccc1)NS(=O)(=O)c1cccc2nsnc12. The maximum atomic E-state index is 13.9. The van der Waals surface area contributed by atoms with Crippen LogP contribution in [0.5, 0.6) is 0 Å². The number of nitrogens with one attached hydrogen (secondary N) is 1. The Morgan fingerprint density at radius 3 is 2.31 bits per heavy atom. The normalized spacial score (nSPS) is 12.5. The molecule has 0 aliphatic carbocycles. The molecule has 35 heavy (non-hydrogen) atoms. The summed E-state index contributed by atoms with van der Waals surface area (Å²) in [6.45, 7) is 3.03. The van der Waals surface area contributed by atoms with Crippen molar-refractivity contribution in [1.29, 1.82) is 0 Å². The third kappa shape index (κ3) is 6.30. The van der Waals surface area contributed by atoms with Crippen LogP contribution in [0.2, 0.25) is 0 Å². The van der Waals surface area contributed by atoms with Crippen molar-refractivity contribution < 1.29 is 13.2 Å². The predicted molar refractivity (Wildman–Crippen MR) is 138 cm³/mol. The molecule has 1 aromatic heterocycles. The minimum absolute atomic E-state index is 0.0257. The number of carbonyl (C=O) groups excluding carboxylic acids is 1. The summed E-state index contributed by atoms with van der Waals surface area (Å²) in [4.78, 5) is 15.6. The van der Waals surface area contributed by atoms with Gasteiger partial charge in [-0.3, -0.25) is 4.79 Å². The molecule has 0 fully saturated rings. The van der Waals surface area contributed by atoms with Crippen molar-refractivity contribution in [3.05, 3.63) is 90.0 Å². The van der Waals surface area contributed by atoms with Crippen LogP contribution in [0.4, 0.5) is 0 Å². The highest BCUT2D eigenvalue weighted by molar-refractivity contribution is 7.89. The molecule has 1 atom stereocenters. The standard InChI is InChI=1S/C26H28N4O3S2/c1-2-3-17-30(19-21-13-8-5-9-14-21)26(31)23(18-20-11-6-4-7-12-20)29-35(32,33)24-16-10-15-22-25(24)28-34-27-22/h4-16,23,29H,2-3,17-19H2,1H3. The minimum atomic E-state index is -4.04. The molecule has 1 unspecified atom stereocenters. The van der Waals surface area contributed by atoms with Gasteiger partial charge in [0, 0.05) is 13.1 Å². The highest BCUT2D eigenvalue weighted by atomic mass is 32.2. The Morgan fingerprint density at radius 2 is 1.63 bits per heavy atom. The van der Waals surface area contributed by atoms with Crippen molar-refractivity contribution in [1.82, 2.24) is 18.4 Å². The van der Waals surface area contributed by atoms with Crippen molar-refractivity contribution in [3.63, 3.8) is 0 Å². The molecule has 4 rings (SSSR count). The van der Waals surface area contributed by atoms with Crippen LogP contribution >= 0.6 is 11.7 Å². The number of hydrogen-bond donors (Lipinski definition) is 1. The van der Waals surface area contributed by atoms with Crippen LogP contribution in [-0.4, -0.2) is 40.6 Å². The molecule has 0 aliphatic rings. The van der Waals surface area contributed by atoms with Crippen LogP contribution in [0.1, 0.15) is 30.9 Å². The Labute approximate surface area is 210 Å². The maximum absolute atomic E-state index is 13.9. The van der Waals surface area contributed by atoms with Gasteiger partial charge in [0.1, 0.15) is 22.0 Å². The van der Waals surface area contributed by atoms with Gasteiger partial charge in [0.25, 0.3) is 0 Å². The summed E-state index contributed by atoms with van der Waals surface area (Å²) < 4.78 is 38.0. The fraction of sp³-hybridized carbons (Fsp3) is 0.269. The lowest BCUT2D eigenvalue weighted by Crippen LogP contribution is -2.49. The van der Waals surface area contributed by atoms with Gasteiger partial charge in [-0.1, -0.05) is 80.1 Å². The Bertz CT molecular complexity index is 1360. The van der Waals surface area contributed by atoms with Crippen LogP contribution < -0.4 is 4.72 Å². The summed E-state index contributed by atoms with van der Waals surface area (Å²) in [5.74, 6) is -0.252. The molecule has 0 saturated carbocycles. The monoisotopic (exact) mass is 508 g/mol. The van der Waals surface area contributed by atoms with E-state index in [9.17, 15) is 13.2 Å². The van der Waals surface area contributed by atoms with Crippen molar-refractivity contribution in [2.24, 2.45) is 0 Å². The third-order valence-corrected chi connectivity index (χ3v) is 7.77. The average Bonchev–Trinajstić information content (AvgIpc) is 3.36. The second-order valence-electron chi connectivity index (χ2n) is 8.35. The van der Waals surface area contributed by atoms with E-state index in [0.717, 1.165) is 35.7 Å². The van der Waals surface area contributed by atoms with Crippen LogP contribution in [0.15, 0.2) is 83.8 Å². The van der Waals surface area contributed by atoms with E-state index in [4.69, 9.17) is 0 Å². The highest BCUT2D eigenvalue weighted by Gasteiger charge is 2.31. The molecular weight excluding hydrogens is 480 g/mol. The van der Waals surface area contributed by atoms with E-state index in [1.807, 2.05) is 60.7 Å². The number of hydrogen-bond acceptors (Lipinski definition) is 6. The van der Waals surface area contributed by atoms with Crippen molar-refractivity contribution >= 4 is 38.7 Å². The van der Waals surface area contributed by atoms with E-state index < -0.39 is 16.1 Å². The average molecular weight is 509 g/mol. The summed E-state index contributed by atoms with van der Waals surface area (Å²) in [7, 11) is -4.04. The number of aromatic nitrogens is 2. The lowest BCUT2D eigenvalue weighted by molar-refractivity contribution is -0.133. The second kappa shape index (κ2) is 11.5. The predicted octanol–water partition coefficient (Wildman–Crippen LogP) is 4.41. The van der Waals surface area contributed by atoms with Gasteiger partial charge in [0.15, 0.2) is 0 Å². The number of rotatable bonds is 11. The topological polar surface area (TPSA) is 92.3 Å². The van der Waals surface area contributed by atoms with Gasteiger partial charge in [-0.15, -0.1) is 0 Å². The quantitative estimate of drug-likeness (QED) is 0.324. The smallest absolute Gasteiger partial charge is 0.243 e. The first-order valence-corrected chi connectivity index (χ1v) is 13.8. The fourth-order valence-corrected chi connectivity index (χ4v) is 5.87. The lowest BCUT2D eigenvalue weighted by atomic mass is 10.0. The van der Waals surface area contributed by atoms with E-state index in [-0.39, 0.29) is 17.2 Å². The number of sulfonamides is 1. The second-order valence-corrected chi connectivity index (χ2v) is 10.6. The molecule has 1 heterocycles. The number of fused-ring (bicyclic) bond motifs is 1. The number of amides is 1. The zero-order valence-corrected chi connectivity index (χ0v) is 21.1. The summed E-state index contributed by atoms with van der Waals surface area (Å²) in [5, 5.41) is 0. The molecule has 0 spiro atoms. The largest absolute Gasteiger partial charge is 0.337 e. The van der Waals surface area contributed by atoms with Crippen molar-refractivity contribution in [2.75, 3.05) is 6.54 Å². The van der Waals surface area contributed by atoms with Gasteiger partial charge in [-0.25, -0.2) is 8.42 Å². The van der Waals surface area contributed by atoms with Gasteiger partial charge < -0.3 is 4.90 Å². The Morgan fingerprint density at radius 1 is 0.943 bits per heavy atom. The first-order valence-electron chi connectivity index (χ1n) is 11.6. The maximum Gasteiger partial charge on any atom is 0.243 e. The number of nitrogens with zero attached hydrogens (tertiary/aromatic N) is 3. The number of carbonyl (C=O) groups is 1. The molecule has 4 aromatic rings. The van der Waals surface area contributed by atoms with Gasteiger partial charge in [0.2, 0.25) is 15.9 Å². The van der Waals surface area contributed by atoms with Crippen molar-refractivity contribution in [3.8, 4) is 0 Å². The third-order valence-electron chi connectivity index (χ3n) is 5.73. The molecule has 9 heteroatoms. The van der Waals surface area contributed by atoms with Crippen LogP contribution in [-0.2, 0) is 27.8 Å². The molecule has 3 aromatic carbocycles. The van der Waals surface area contributed by atoms with E-state index in [1.165, 1.54) is 6.07 Å². The van der Waals surface area contributed by atoms with E-state index in [1.54, 1.807) is 17.0 Å². The molecular formula is C26H28N4O3S2. The summed E-state index contributed by atoms with van der Waals surface area (Å²) >= 11 is 0.959. The van der Waals surface area contributed by atoms with E-state index in [2.05, 4.69) is 20.4 Å². The van der Waals surface area contributed by atoms with Gasteiger partial charge in [-0.05, 0) is 36.1 Å². The van der Waals surface area contributed by atoms with Crippen LogP contribution in [0, 0.1) is 0 Å². The first-order chi connectivity index (χ1) is 17.0. The summed E-state index contributed by atoms with van der Waals surface area (Å²) in [6, 6.07) is 23.1. The molecule has 0 bridgehead atoms. The molecule has 0 radical (unpaired) electrons. The molecule has 182 valence electrons. The van der Waals surface area contributed by atoms with E-state index >= 15 is 0 Å². The minimum Gasteiger partial charge on any atom is -0.337 e. The zero-order chi connectivity index (χ0) is 24.7. The molecule has 7 nitrogen and oxygen atoms in total. The molecule has 1 N–H and O–H groups in total. The highest BCUT2D eigenvalue weighted by Crippen LogP contribution is 2.22. The van der Waals surface area contributed by atoms with Gasteiger partial charge >= 0.3 is 0 Å². The van der Waals surface area contributed by atoms with Gasteiger partial charge in [0.05, 0.1) is 11.7 Å². The first kappa shape index (κ1) is 25.0. The molecule has 0 saturated heterocycles. The number of unbranched alkanes of at least 4 members (excludes halogenated alkanes) is 1. The van der Waals surface area contributed by atoms with Crippen LogP contribution in [0.3, 0.4) is 0 Å². The summed E-state index contributed by atoms with van der Waals surface area (Å²) in [6.07, 6.45) is 1.99. The Kier molecular flexibility index (Phi) is 8.22. The Hall–Kier alpha value is -3.14. The van der Waals surface area contributed by atoms with Crippen LogP contribution in [0.25, 0.3) is 11.0 Å². The number of benzene rings is 3. The summed E-state index contributed by atoms with van der Waals surface area (Å²) in [5.41, 5.74) is 2.69. The zero-order valence-electron chi connectivity index (χ0n) is 19.5. The van der Waals surface area contributed by atoms with Gasteiger partial charge in [-0.2, -0.15) is 13.5 Å².